The molecule has 0 atom stereocenters. The zero-order chi connectivity index (χ0) is 14.8. The molecule has 0 fully saturated rings. The summed E-state index contributed by atoms with van der Waals surface area (Å²) in [5.74, 6) is -0.614. The smallest absolute Gasteiger partial charge is 0.321 e. The number of nitrogen functional groups attached to an aromatic ring is 1. The number of carbonyl (C=O) groups excluding carboxylic acids is 1. The molecule has 0 saturated heterocycles. The fourth-order valence-electron chi connectivity index (χ4n) is 1.88. The minimum Gasteiger partial charge on any atom is -0.468 e. The van der Waals surface area contributed by atoms with Crippen molar-refractivity contribution >= 4 is 21.7 Å². The van der Waals surface area contributed by atoms with Crippen LogP contribution in [0.25, 0.3) is 0 Å². The van der Waals surface area contributed by atoms with Crippen LogP contribution in [0.2, 0.25) is 0 Å². The average Bonchev–Trinajstić information content (AvgIpc) is 2.26. The Kier molecular flexibility index (Phi) is 4.54. The van der Waals surface area contributed by atoms with Crippen LogP contribution in [0.3, 0.4) is 0 Å². The summed E-state index contributed by atoms with van der Waals surface area (Å²) in [5, 5.41) is 0. The highest BCUT2D eigenvalue weighted by molar-refractivity contribution is 7.89. The summed E-state index contributed by atoms with van der Waals surface area (Å²) in [6, 6.07) is 3.18. The van der Waals surface area contributed by atoms with E-state index in [4.69, 9.17) is 5.73 Å². The molecular formula is C12H18N2O4S. The summed E-state index contributed by atoms with van der Waals surface area (Å²) in [4.78, 5) is 11.4. The zero-order valence-corrected chi connectivity index (χ0v) is 12.2. The van der Waals surface area contributed by atoms with Gasteiger partial charge in [-0.1, -0.05) is 0 Å². The van der Waals surface area contributed by atoms with Gasteiger partial charge in [0, 0.05) is 12.7 Å². The van der Waals surface area contributed by atoms with Crippen LogP contribution in [-0.4, -0.2) is 39.4 Å². The Morgan fingerprint density at radius 1 is 1.32 bits per heavy atom. The van der Waals surface area contributed by atoms with Crippen molar-refractivity contribution in [1.29, 1.82) is 0 Å². The maximum Gasteiger partial charge on any atom is 0.321 e. The largest absolute Gasteiger partial charge is 0.468 e. The van der Waals surface area contributed by atoms with Crippen LogP contribution >= 0.6 is 0 Å². The number of nitrogens with two attached hydrogens (primary N) is 1. The second-order valence-corrected chi connectivity index (χ2v) is 6.30. The first kappa shape index (κ1) is 15.5. The molecule has 19 heavy (non-hydrogen) atoms. The second-order valence-electron chi connectivity index (χ2n) is 4.32. The van der Waals surface area contributed by atoms with Crippen LogP contribution in [-0.2, 0) is 19.6 Å². The number of ether oxygens (including phenoxy) is 1. The van der Waals surface area contributed by atoms with Gasteiger partial charge in [-0.2, -0.15) is 4.31 Å². The van der Waals surface area contributed by atoms with Crippen LogP contribution in [0.5, 0.6) is 0 Å². The monoisotopic (exact) mass is 286 g/mol. The third kappa shape index (κ3) is 3.24. The van der Waals surface area contributed by atoms with Gasteiger partial charge in [0.2, 0.25) is 10.0 Å². The van der Waals surface area contributed by atoms with E-state index in [9.17, 15) is 13.2 Å². The lowest BCUT2D eigenvalue weighted by Crippen LogP contribution is -2.33. The highest BCUT2D eigenvalue weighted by atomic mass is 32.2. The SMILES string of the molecule is COC(=O)CN(C)S(=O)(=O)c1c(C)cc(N)cc1C. The summed E-state index contributed by atoms with van der Waals surface area (Å²) in [6.07, 6.45) is 0. The molecule has 0 radical (unpaired) electrons. The van der Waals surface area contributed by atoms with Gasteiger partial charge in [-0.25, -0.2) is 8.42 Å². The summed E-state index contributed by atoms with van der Waals surface area (Å²) >= 11 is 0. The molecule has 0 bridgehead atoms. The zero-order valence-electron chi connectivity index (χ0n) is 11.4. The Bertz CT molecular complexity index is 573. The van der Waals surface area contributed by atoms with Gasteiger partial charge in [-0.15, -0.1) is 0 Å². The van der Waals surface area contributed by atoms with Gasteiger partial charge >= 0.3 is 5.97 Å². The first-order chi connectivity index (χ1) is 8.70. The lowest BCUT2D eigenvalue weighted by molar-refractivity contribution is -0.140. The van der Waals surface area contributed by atoms with Crippen molar-refractivity contribution in [2.75, 3.05) is 26.4 Å². The molecule has 7 heteroatoms. The molecule has 0 aromatic heterocycles. The van der Waals surface area contributed by atoms with Crippen molar-refractivity contribution in [3.63, 3.8) is 0 Å². The first-order valence-corrected chi connectivity index (χ1v) is 7.04. The number of aryl methyl sites for hydroxylation is 2. The van der Waals surface area contributed by atoms with Gasteiger partial charge in [0.1, 0.15) is 6.54 Å². The molecule has 106 valence electrons. The minimum atomic E-state index is -3.75. The minimum absolute atomic E-state index is 0.174. The maximum atomic E-state index is 12.4. The van der Waals surface area contributed by atoms with E-state index in [1.165, 1.54) is 14.2 Å². The van der Waals surface area contributed by atoms with Gasteiger partial charge in [0.25, 0.3) is 0 Å². The van der Waals surface area contributed by atoms with E-state index in [1.807, 2.05) is 0 Å². The Morgan fingerprint density at radius 3 is 2.21 bits per heavy atom. The number of likely N-dealkylation sites (N-methyl/N-ethyl adjacent to an activating group) is 1. The van der Waals surface area contributed by atoms with Crippen molar-refractivity contribution < 1.29 is 17.9 Å². The van der Waals surface area contributed by atoms with Crippen molar-refractivity contribution in [1.82, 2.24) is 4.31 Å². The highest BCUT2D eigenvalue weighted by Gasteiger charge is 2.26. The van der Waals surface area contributed by atoms with E-state index in [-0.39, 0.29) is 11.4 Å². The Balaban J connectivity index is 3.24. The quantitative estimate of drug-likeness (QED) is 0.649. The number of hydrogen-bond donors (Lipinski definition) is 1. The van der Waals surface area contributed by atoms with Gasteiger partial charge in [-0.05, 0) is 37.1 Å². The molecule has 0 spiro atoms. The van der Waals surface area contributed by atoms with Gasteiger partial charge in [0.15, 0.2) is 0 Å². The van der Waals surface area contributed by atoms with Crippen molar-refractivity contribution in [3.8, 4) is 0 Å². The van der Waals surface area contributed by atoms with Crippen LogP contribution in [0.15, 0.2) is 17.0 Å². The number of methoxy groups -OCH3 is 1. The lowest BCUT2D eigenvalue weighted by atomic mass is 10.1. The summed E-state index contributed by atoms with van der Waals surface area (Å²) < 4.78 is 30.3. The predicted molar refractivity (Wildman–Crippen MR) is 72.2 cm³/mol. The second kappa shape index (κ2) is 5.58. The lowest BCUT2D eigenvalue weighted by Gasteiger charge is -2.19. The molecule has 0 aliphatic rings. The van der Waals surface area contributed by atoms with Crippen molar-refractivity contribution in [2.45, 2.75) is 18.7 Å². The number of esters is 1. The molecule has 0 aliphatic carbocycles. The topological polar surface area (TPSA) is 89.7 Å². The van der Waals surface area contributed by atoms with E-state index in [0.29, 0.717) is 16.8 Å². The van der Waals surface area contributed by atoms with E-state index in [0.717, 1.165) is 4.31 Å². The number of sulfonamides is 1. The number of nitrogens with zero attached hydrogens (tertiary/aromatic N) is 1. The highest BCUT2D eigenvalue weighted by Crippen LogP contribution is 2.25. The molecule has 0 amide bonds. The molecule has 0 saturated carbocycles. The van der Waals surface area contributed by atoms with Gasteiger partial charge < -0.3 is 10.5 Å². The molecule has 0 aliphatic heterocycles. The molecule has 6 nitrogen and oxygen atoms in total. The third-order valence-corrected chi connectivity index (χ3v) is 4.84. The normalized spacial score (nSPS) is 11.6. The fraction of sp³-hybridized carbons (Fsp3) is 0.417. The number of carbonyl (C=O) groups is 1. The fourth-order valence-corrected chi connectivity index (χ4v) is 3.40. The van der Waals surface area contributed by atoms with Gasteiger partial charge in [-0.3, -0.25) is 4.79 Å². The predicted octanol–water partition coefficient (Wildman–Crippen LogP) is 0.679. The molecular weight excluding hydrogens is 268 g/mol. The van der Waals surface area contributed by atoms with E-state index < -0.39 is 16.0 Å². The number of benzene rings is 1. The summed E-state index contributed by atoms with van der Waals surface area (Å²) in [5.41, 5.74) is 7.27. The average molecular weight is 286 g/mol. The number of anilines is 1. The van der Waals surface area contributed by atoms with Crippen molar-refractivity contribution in [2.24, 2.45) is 0 Å². The third-order valence-electron chi connectivity index (χ3n) is 2.73. The molecule has 1 aromatic carbocycles. The number of rotatable bonds is 4. The first-order valence-electron chi connectivity index (χ1n) is 5.60. The summed E-state index contributed by atoms with van der Waals surface area (Å²) in [7, 11) is -1.20. The van der Waals surface area contributed by atoms with E-state index >= 15 is 0 Å². The molecule has 0 unspecified atom stereocenters. The Morgan fingerprint density at radius 2 is 1.79 bits per heavy atom. The Labute approximate surface area is 113 Å². The van der Waals surface area contributed by atoms with Crippen LogP contribution in [0.4, 0.5) is 5.69 Å². The molecule has 0 heterocycles. The van der Waals surface area contributed by atoms with Crippen LogP contribution < -0.4 is 5.73 Å². The Hall–Kier alpha value is -1.60. The molecule has 2 N–H and O–H groups in total. The standard InChI is InChI=1S/C12H18N2O4S/c1-8-5-10(13)6-9(2)12(8)19(16,17)14(3)7-11(15)18-4/h5-6H,7,13H2,1-4H3. The summed E-state index contributed by atoms with van der Waals surface area (Å²) in [6.45, 7) is 3.01. The van der Waals surface area contributed by atoms with Crippen LogP contribution in [0, 0.1) is 13.8 Å². The molecule has 1 rings (SSSR count). The van der Waals surface area contributed by atoms with Crippen LogP contribution in [0.1, 0.15) is 11.1 Å². The molecule has 1 aromatic rings. The number of hydrogen-bond acceptors (Lipinski definition) is 5. The van der Waals surface area contributed by atoms with E-state index in [2.05, 4.69) is 4.74 Å². The van der Waals surface area contributed by atoms with E-state index in [1.54, 1.807) is 26.0 Å². The maximum absolute atomic E-state index is 12.4. The van der Waals surface area contributed by atoms with Crippen molar-refractivity contribution in [3.05, 3.63) is 23.3 Å². The van der Waals surface area contributed by atoms with Gasteiger partial charge in [0.05, 0.1) is 12.0 Å².